The maximum absolute atomic E-state index is 11.9. The molecule has 15 heavy (non-hydrogen) atoms. The Morgan fingerprint density at radius 2 is 1.67 bits per heavy atom. The second-order valence-corrected chi connectivity index (χ2v) is 5.33. The Balaban J connectivity index is 0.000000853. The van der Waals surface area contributed by atoms with Gasteiger partial charge in [0, 0.05) is 25.2 Å². The molecule has 0 radical (unpaired) electrons. The molecule has 0 aromatic heterocycles. The van der Waals surface area contributed by atoms with E-state index in [1.54, 1.807) is 4.90 Å². The molecule has 3 atom stereocenters. The highest BCUT2D eigenvalue weighted by Gasteiger charge is 2.47. The summed E-state index contributed by atoms with van der Waals surface area (Å²) in [4.78, 5) is 13.7. The van der Waals surface area contributed by atoms with Crippen molar-refractivity contribution in [3.8, 4) is 0 Å². The van der Waals surface area contributed by atoms with Gasteiger partial charge in [0.25, 0.3) is 0 Å². The predicted octanol–water partition coefficient (Wildman–Crippen LogP) is -2.57. The molecule has 2 aliphatic carbocycles. The molecule has 1 saturated heterocycles. The van der Waals surface area contributed by atoms with Gasteiger partial charge in [-0.25, -0.2) is 0 Å². The molecule has 0 spiro atoms. The number of Topliss-reactive ketones (excluding diaryl/α,β-unsaturated/α-hetero) is 1. The van der Waals surface area contributed by atoms with Crippen LogP contribution in [0.2, 0.25) is 0 Å². The SMILES string of the molecule is O=C1C2CCC1C([NH+]1CCCC1)CC2.[Cl-]. The molecule has 86 valence electrons. The zero-order valence-electron chi connectivity index (χ0n) is 9.18. The fourth-order valence-electron chi connectivity index (χ4n) is 3.92. The van der Waals surface area contributed by atoms with Crippen molar-refractivity contribution in [1.82, 2.24) is 0 Å². The van der Waals surface area contributed by atoms with Crippen LogP contribution >= 0.6 is 0 Å². The molecular formula is C12H20ClNO. The lowest BCUT2D eigenvalue weighted by Gasteiger charge is -2.32. The lowest BCUT2D eigenvalue weighted by atomic mass is 9.83. The Morgan fingerprint density at radius 3 is 2.40 bits per heavy atom. The molecule has 3 unspecified atom stereocenters. The van der Waals surface area contributed by atoms with Crippen molar-refractivity contribution in [2.24, 2.45) is 11.8 Å². The fraction of sp³-hybridized carbons (Fsp3) is 0.917. The average molecular weight is 230 g/mol. The van der Waals surface area contributed by atoms with E-state index in [1.165, 1.54) is 51.6 Å². The minimum absolute atomic E-state index is 0. The summed E-state index contributed by atoms with van der Waals surface area (Å²) in [5.74, 6) is 1.56. The third-order valence-corrected chi connectivity index (χ3v) is 4.68. The average Bonchev–Trinajstić information content (AvgIpc) is 2.76. The van der Waals surface area contributed by atoms with Gasteiger partial charge in [-0.2, -0.15) is 0 Å². The molecule has 0 aromatic carbocycles. The van der Waals surface area contributed by atoms with E-state index in [4.69, 9.17) is 0 Å². The quantitative estimate of drug-likeness (QED) is 0.525. The van der Waals surface area contributed by atoms with Crippen LogP contribution in [-0.4, -0.2) is 24.9 Å². The summed E-state index contributed by atoms with van der Waals surface area (Å²) in [6, 6.07) is 0.712. The van der Waals surface area contributed by atoms with E-state index in [0.29, 0.717) is 23.7 Å². The zero-order valence-corrected chi connectivity index (χ0v) is 9.93. The van der Waals surface area contributed by atoms with Gasteiger partial charge < -0.3 is 17.3 Å². The summed E-state index contributed by atoms with van der Waals surface area (Å²) in [6.45, 7) is 2.66. The molecule has 3 fully saturated rings. The van der Waals surface area contributed by atoms with Gasteiger partial charge in [-0.3, -0.25) is 4.79 Å². The minimum Gasteiger partial charge on any atom is -1.00 e. The third kappa shape index (κ3) is 1.83. The van der Waals surface area contributed by atoms with E-state index >= 15 is 0 Å². The van der Waals surface area contributed by atoms with Crippen LogP contribution < -0.4 is 17.3 Å². The standard InChI is InChI=1S/C12H19NO.ClH/c14-12-9-3-5-10(12)11(6-4-9)13-7-1-2-8-13;/h9-11H,1-8H2;1H. The number of halogens is 1. The van der Waals surface area contributed by atoms with Crippen molar-refractivity contribution < 1.29 is 22.1 Å². The predicted molar refractivity (Wildman–Crippen MR) is 54.2 cm³/mol. The van der Waals surface area contributed by atoms with Crippen molar-refractivity contribution in [3.05, 3.63) is 0 Å². The Hall–Kier alpha value is -0.0800. The summed E-state index contributed by atoms with van der Waals surface area (Å²) in [6.07, 6.45) is 7.71. The largest absolute Gasteiger partial charge is 1.00 e. The topological polar surface area (TPSA) is 21.5 Å². The first-order valence-electron chi connectivity index (χ1n) is 6.24. The molecule has 0 amide bonds. The van der Waals surface area contributed by atoms with Gasteiger partial charge in [0.15, 0.2) is 0 Å². The fourth-order valence-corrected chi connectivity index (χ4v) is 3.92. The summed E-state index contributed by atoms with van der Waals surface area (Å²) >= 11 is 0. The molecule has 1 heterocycles. The number of fused-ring (bicyclic) bond motifs is 2. The maximum Gasteiger partial charge on any atom is 0.144 e. The number of hydrogen-bond acceptors (Lipinski definition) is 1. The Bertz CT molecular complexity index is 250. The molecule has 3 aliphatic rings. The van der Waals surface area contributed by atoms with Crippen molar-refractivity contribution in [2.45, 2.75) is 44.6 Å². The highest BCUT2D eigenvalue weighted by atomic mass is 35.5. The van der Waals surface area contributed by atoms with Crippen LogP contribution in [0.5, 0.6) is 0 Å². The molecule has 1 N–H and O–H groups in total. The highest BCUT2D eigenvalue weighted by Crippen LogP contribution is 2.38. The zero-order chi connectivity index (χ0) is 9.54. The normalized spacial score (nSPS) is 40.5. The lowest BCUT2D eigenvalue weighted by Crippen LogP contribution is -3.15. The van der Waals surface area contributed by atoms with Gasteiger partial charge >= 0.3 is 0 Å². The van der Waals surface area contributed by atoms with E-state index < -0.39 is 0 Å². The van der Waals surface area contributed by atoms with E-state index in [9.17, 15) is 4.79 Å². The first-order valence-corrected chi connectivity index (χ1v) is 6.24. The number of rotatable bonds is 1. The molecule has 2 saturated carbocycles. The number of carbonyl (C=O) groups is 1. The van der Waals surface area contributed by atoms with E-state index in [1.807, 2.05) is 0 Å². The highest BCUT2D eigenvalue weighted by molar-refractivity contribution is 5.86. The molecule has 3 heteroatoms. The summed E-state index contributed by atoms with van der Waals surface area (Å²) in [7, 11) is 0. The second-order valence-electron chi connectivity index (χ2n) is 5.33. The lowest BCUT2D eigenvalue weighted by molar-refractivity contribution is -0.917. The maximum atomic E-state index is 11.9. The summed E-state index contributed by atoms with van der Waals surface area (Å²) in [5.41, 5.74) is 0. The van der Waals surface area contributed by atoms with Crippen LogP contribution in [0.15, 0.2) is 0 Å². The van der Waals surface area contributed by atoms with E-state index in [2.05, 4.69) is 0 Å². The molecule has 0 aromatic rings. The molecule has 3 rings (SSSR count). The molecular weight excluding hydrogens is 210 g/mol. The van der Waals surface area contributed by atoms with Crippen molar-refractivity contribution in [1.29, 1.82) is 0 Å². The van der Waals surface area contributed by atoms with Crippen LogP contribution in [-0.2, 0) is 4.79 Å². The second kappa shape index (κ2) is 4.42. The number of hydrogen-bond donors (Lipinski definition) is 1. The Labute approximate surface area is 97.8 Å². The van der Waals surface area contributed by atoms with Gasteiger partial charge in [0.2, 0.25) is 0 Å². The van der Waals surface area contributed by atoms with Crippen LogP contribution in [0.1, 0.15) is 38.5 Å². The number of likely N-dealkylation sites (tertiary alicyclic amines) is 1. The number of nitrogens with one attached hydrogen (secondary N) is 1. The molecule has 2 bridgehead atoms. The monoisotopic (exact) mass is 229 g/mol. The van der Waals surface area contributed by atoms with Gasteiger partial charge in [-0.05, 0) is 19.3 Å². The Kier molecular flexibility index (Phi) is 3.36. The third-order valence-electron chi connectivity index (χ3n) is 4.68. The smallest absolute Gasteiger partial charge is 0.144 e. The van der Waals surface area contributed by atoms with Gasteiger partial charge in [-0.15, -0.1) is 0 Å². The molecule has 1 aliphatic heterocycles. The van der Waals surface area contributed by atoms with Crippen molar-refractivity contribution in [3.63, 3.8) is 0 Å². The van der Waals surface area contributed by atoms with Gasteiger partial charge in [0.05, 0.1) is 25.0 Å². The first-order chi connectivity index (χ1) is 6.86. The van der Waals surface area contributed by atoms with Crippen molar-refractivity contribution >= 4 is 5.78 Å². The van der Waals surface area contributed by atoms with E-state index in [0.717, 1.165) is 0 Å². The summed E-state index contributed by atoms with van der Waals surface area (Å²) in [5, 5.41) is 0. The number of quaternary nitrogens is 1. The molecule has 2 nitrogen and oxygen atoms in total. The van der Waals surface area contributed by atoms with Crippen molar-refractivity contribution in [2.75, 3.05) is 13.1 Å². The van der Waals surface area contributed by atoms with Crippen LogP contribution in [0, 0.1) is 11.8 Å². The number of carbonyl (C=O) groups excluding carboxylic acids is 1. The number of ketones is 1. The van der Waals surface area contributed by atoms with Gasteiger partial charge in [0.1, 0.15) is 5.78 Å². The Morgan fingerprint density at radius 1 is 1.00 bits per heavy atom. The van der Waals surface area contributed by atoms with Crippen LogP contribution in [0.4, 0.5) is 0 Å². The summed E-state index contributed by atoms with van der Waals surface area (Å²) < 4.78 is 0. The van der Waals surface area contributed by atoms with Gasteiger partial charge in [-0.1, -0.05) is 0 Å². The van der Waals surface area contributed by atoms with Crippen LogP contribution in [0.3, 0.4) is 0 Å². The first kappa shape index (κ1) is 11.4. The van der Waals surface area contributed by atoms with E-state index in [-0.39, 0.29) is 12.4 Å². The minimum atomic E-state index is 0. The van der Waals surface area contributed by atoms with Crippen LogP contribution in [0.25, 0.3) is 0 Å².